The second kappa shape index (κ2) is 7.39. The molecule has 0 radical (unpaired) electrons. The SMILES string of the molecule is c1ccc(CC(NN2CCCCC2)c2ccccc2)cc1. The van der Waals surface area contributed by atoms with Crippen LogP contribution in [-0.2, 0) is 6.42 Å². The highest BCUT2D eigenvalue weighted by Crippen LogP contribution is 2.20. The fourth-order valence-electron chi connectivity index (χ4n) is 3.02. The number of hydrogen-bond acceptors (Lipinski definition) is 2. The molecule has 0 saturated carbocycles. The largest absolute Gasteiger partial charge is 0.247 e. The van der Waals surface area contributed by atoms with Crippen molar-refractivity contribution < 1.29 is 0 Å². The minimum absolute atomic E-state index is 0.353. The summed E-state index contributed by atoms with van der Waals surface area (Å²) >= 11 is 0. The Labute approximate surface area is 127 Å². The third-order valence-electron chi connectivity index (χ3n) is 4.18. The highest BCUT2D eigenvalue weighted by Gasteiger charge is 2.17. The standard InChI is InChI=1S/C19H24N2/c1-4-10-17(11-5-1)16-19(18-12-6-2-7-13-18)20-21-14-8-3-9-15-21/h1-2,4-7,10-13,19-20H,3,8-9,14-16H2. The van der Waals surface area contributed by atoms with Gasteiger partial charge in [0.05, 0.1) is 6.04 Å². The maximum absolute atomic E-state index is 3.75. The van der Waals surface area contributed by atoms with Gasteiger partial charge in [0, 0.05) is 13.1 Å². The monoisotopic (exact) mass is 280 g/mol. The van der Waals surface area contributed by atoms with E-state index in [0.717, 1.165) is 19.5 Å². The second-order valence-electron chi connectivity index (χ2n) is 5.83. The molecule has 110 valence electrons. The average molecular weight is 280 g/mol. The zero-order valence-corrected chi connectivity index (χ0v) is 12.5. The van der Waals surface area contributed by atoms with Crippen molar-refractivity contribution in [1.82, 2.24) is 10.4 Å². The summed E-state index contributed by atoms with van der Waals surface area (Å²) in [5.74, 6) is 0. The van der Waals surface area contributed by atoms with Crippen LogP contribution in [0.15, 0.2) is 60.7 Å². The first kappa shape index (κ1) is 14.3. The van der Waals surface area contributed by atoms with Crippen LogP contribution in [0.25, 0.3) is 0 Å². The van der Waals surface area contributed by atoms with Crippen LogP contribution in [-0.4, -0.2) is 18.1 Å². The quantitative estimate of drug-likeness (QED) is 0.892. The molecule has 0 amide bonds. The lowest BCUT2D eigenvalue weighted by molar-refractivity contribution is 0.128. The Kier molecular flexibility index (Phi) is 5.03. The van der Waals surface area contributed by atoms with E-state index in [9.17, 15) is 0 Å². The van der Waals surface area contributed by atoms with Gasteiger partial charge in [-0.05, 0) is 30.4 Å². The Morgan fingerprint density at radius 3 is 2.10 bits per heavy atom. The van der Waals surface area contributed by atoms with E-state index < -0.39 is 0 Å². The fraction of sp³-hybridized carbons (Fsp3) is 0.368. The Bertz CT molecular complexity index is 518. The molecule has 2 aromatic carbocycles. The minimum atomic E-state index is 0.353. The highest BCUT2D eigenvalue weighted by atomic mass is 15.5. The van der Waals surface area contributed by atoms with Crippen LogP contribution in [0, 0.1) is 0 Å². The van der Waals surface area contributed by atoms with Gasteiger partial charge in [0.25, 0.3) is 0 Å². The second-order valence-corrected chi connectivity index (χ2v) is 5.83. The molecule has 1 saturated heterocycles. The van der Waals surface area contributed by atoms with Crippen LogP contribution in [0.2, 0.25) is 0 Å². The highest BCUT2D eigenvalue weighted by molar-refractivity contribution is 5.23. The summed E-state index contributed by atoms with van der Waals surface area (Å²) in [5.41, 5.74) is 6.51. The normalized spacial score (nSPS) is 17.5. The van der Waals surface area contributed by atoms with Crippen LogP contribution >= 0.6 is 0 Å². The third kappa shape index (κ3) is 4.16. The van der Waals surface area contributed by atoms with Gasteiger partial charge in [-0.1, -0.05) is 67.1 Å². The van der Waals surface area contributed by atoms with E-state index in [-0.39, 0.29) is 0 Å². The molecule has 1 aliphatic heterocycles. The summed E-state index contributed by atoms with van der Waals surface area (Å²) in [6.45, 7) is 2.33. The zero-order valence-electron chi connectivity index (χ0n) is 12.5. The summed E-state index contributed by atoms with van der Waals surface area (Å²) in [6.07, 6.45) is 5.01. The molecule has 1 N–H and O–H groups in total. The predicted octanol–water partition coefficient (Wildman–Crippen LogP) is 3.96. The van der Waals surface area contributed by atoms with Crippen molar-refractivity contribution in [1.29, 1.82) is 0 Å². The number of nitrogens with one attached hydrogen (secondary N) is 1. The molecule has 0 aromatic heterocycles. The van der Waals surface area contributed by atoms with Crippen LogP contribution < -0.4 is 5.43 Å². The summed E-state index contributed by atoms with van der Waals surface area (Å²) in [5, 5.41) is 2.41. The molecule has 2 nitrogen and oxygen atoms in total. The van der Waals surface area contributed by atoms with E-state index in [1.807, 2.05) is 0 Å². The maximum atomic E-state index is 3.75. The molecular formula is C19H24N2. The van der Waals surface area contributed by atoms with Crippen LogP contribution in [0.1, 0.15) is 36.4 Å². The van der Waals surface area contributed by atoms with Gasteiger partial charge < -0.3 is 0 Å². The van der Waals surface area contributed by atoms with Crippen molar-refractivity contribution >= 4 is 0 Å². The number of benzene rings is 2. The van der Waals surface area contributed by atoms with Gasteiger partial charge in [0.1, 0.15) is 0 Å². The van der Waals surface area contributed by atoms with Gasteiger partial charge in [0.15, 0.2) is 0 Å². The van der Waals surface area contributed by atoms with Crippen LogP contribution in [0.5, 0.6) is 0 Å². The van der Waals surface area contributed by atoms with Gasteiger partial charge in [0.2, 0.25) is 0 Å². The predicted molar refractivity (Wildman–Crippen MR) is 87.9 cm³/mol. The van der Waals surface area contributed by atoms with E-state index in [4.69, 9.17) is 0 Å². The number of rotatable bonds is 5. The maximum Gasteiger partial charge on any atom is 0.0505 e. The first-order valence-corrected chi connectivity index (χ1v) is 8.02. The number of hydrogen-bond donors (Lipinski definition) is 1. The molecule has 21 heavy (non-hydrogen) atoms. The molecule has 0 bridgehead atoms. The summed E-state index contributed by atoms with van der Waals surface area (Å²) in [6, 6.07) is 21.9. The van der Waals surface area contributed by atoms with Crippen molar-refractivity contribution in [2.45, 2.75) is 31.7 Å². The summed E-state index contributed by atoms with van der Waals surface area (Å²) in [4.78, 5) is 0. The first-order valence-electron chi connectivity index (χ1n) is 8.02. The molecule has 1 atom stereocenters. The summed E-state index contributed by atoms with van der Waals surface area (Å²) < 4.78 is 0. The van der Waals surface area contributed by atoms with E-state index in [1.54, 1.807) is 0 Å². The molecule has 0 spiro atoms. The zero-order chi connectivity index (χ0) is 14.3. The molecule has 3 rings (SSSR count). The van der Waals surface area contributed by atoms with Crippen molar-refractivity contribution in [3.63, 3.8) is 0 Å². The van der Waals surface area contributed by atoms with Crippen LogP contribution in [0.4, 0.5) is 0 Å². The number of nitrogens with zero attached hydrogens (tertiary/aromatic N) is 1. The van der Waals surface area contributed by atoms with Gasteiger partial charge in [-0.25, -0.2) is 10.4 Å². The first-order chi connectivity index (χ1) is 10.4. The minimum Gasteiger partial charge on any atom is -0.247 e. The number of hydrazine groups is 1. The molecule has 2 aromatic rings. The van der Waals surface area contributed by atoms with Gasteiger partial charge in [-0.15, -0.1) is 0 Å². The molecule has 0 aliphatic carbocycles. The Balaban J connectivity index is 1.74. The molecule has 1 heterocycles. The van der Waals surface area contributed by atoms with Gasteiger partial charge >= 0.3 is 0 Å². The van der Waals surface area contributed by atoms with E-state index >= 15 is 0 Å². The van der Waals surface area contributed by atoms with Crippen molar-refractivity contribution in [2.24, 2.45) is 0 Å². The van der Waals surface area contributed by atoms with Crippen LogP contribution in [0.3, 0.4) is 0 Å². The lowest BCUT2D eigenvalue weighted by atomic mass is 9.99. The van der Waals surface area contributed by atoms with E-state index in [0.29, 0.717) is 6.04 Å². The topological polar surface area (TPSA) is 15.3 Å². The smallest absolute Gasteiger partial charge is 0.0505 e. The third-order valence-corrected chi connectivity index (χ3v) is 4.18. The van der Waals surface area contributed by atoms with Crippen molar-refractivity contribution in [2.75, 3.05) is 13.1 Å². The molecule has 2 heteroatoms. The fourth-order valence-corrected chi connectivity index (χ4v) is 3.02. The van der Waals surface area contributed by atoms with Crippen molar-refractivity contribution in [3.05, 3.63) is 71.8 Å². The Hall–Kier alpha value is -1.64. The lowest BCUT2D eigenvalue weighted by Crippen LogP contribution is -2.44. The molecule has 1 aliphatic rings. The van der Waals surface area contributed by atoms with Crippen molar-refractivity contribution in [3.8, 4) is 0 Å². The average Bonchev–Trinajstić information content (AvgIpc) is 2.57. The number of piperidine rings is 1. The Morgan fingerprint density at radius 2 is 1.43 bits per heavy atom. The van der Waals surface area contributed by atoms with E-state index in [1.165, 1.54) is 30.4 Å². The molecular weight excluding hydrogens is 256 g/mol. The molecule has 1 unspecified atom stereocenters. The summed E-state index contributed by atoms with van der Waals surface area (Å²) in [7, 11) is 0. The Morgan fingerprint density at radius 1 is 0.810 bits per heavy atom. The van der Waals surface area contributed by atoms with E-state index in [2.05, 4.69) is 71.1 Å². The molecule has 1 fully saturated rings. The van der Waals surface area contributed by atoms with Gasteiger partial charge in [-0.3, -0.25) is 0 Å². The van der Waals surface area contributed by atoms with Gasteiger partial charge in [-0.2, -0.15) is 0 Å². The lowest BCUT2D eigenvalue weighted by Gasteiger charge is -2.32.